The van der Waals surface area contributed by atoms with Gasteiger partial charge in [0.2, 0.25) is 0 Å². The molecule has 1 aromatic rings. The number of nitrogens with two attached hydrogens (primary N) is 1. The molecule has 0 aliphatic heterocycles. The van der Waals surface area contributed by atoms with Crippen molar-refractivity contribution in [2.24, 2.45) is 5.92 Å². The quantitative estimate of drug-likeness (QED) is 0.832. The van der Waals surface area contributed by atoms with Crippen LogP contribution in [-0.2, 0) is 0 Å². The van der Waals surface area contributed by atoms with Crippen LogP contribution >= 0.6 is 11.3 Å². The third kappa shape index (κ3) is 2.21. The van der Waals surface area contributed by atoms with E-state index in [1.165, 1.54) is 24.2 Å². The molecule has 1 fully saturated rings. The maximum Gasteiger partial charge on any atom is 0.261 e. The summed E-state index contributed by atoms with van der Waals surface area (Å²) >= 11 is 1.47. The molecule has 16 heavy (non-hydrogen) atoms. The summed E-state index contributed by atoms with van der Waals surface area (Å²) in [5.41, 5.74) is 6.46. The van der Waals surface area contributed by atoms with E-state index in [1.807, 2.05) is 6.92 Å². The smallest absolute Gasteiger partial charge is 0.261 e. The molecule has 2 unspecified atom stereocenters. The van der Waals surface area contributed by atoms with Gasteiger partial charge in [0.25, 0.3) is 5.91 Å². The number of amides is 1. The van der Waals surface area contributed by atoms with Crippen molar-refractivity contribution in [3.8, 4) is 0 Å². The van der Waals surface area contributed by atoms with E-state index >= 15 is 0 Å². The maximum atomic E-state index is 12.0. The van der Waals surface area contributed by atoms with Crippen LogP contribution in [0.5, 0.6) is 0 Å². The van der Waals surface area contributed by atoms with E-state index in [0.717, 1.165) is 21.9 Å². The summed E-state index contributed by atoms with van der Waals surface area (Å²) in [6.07, 6.45) is 3.54. The summed E-state index contributed by atoms with van der Waals surface area (Å²) < 4.78 is 0. The lowest BCUT2D eigenvalue weighted by Crippen LogP contribution is -2.35. The number of hydrogen-bond acceptors (Lipinski definition) is 3. The molecule has 2 rings (SSSR count). The van der Waals surface area contributed by atoms with E-state index in [0.29, 0.717) is 12.0 Å². The molecule has 88 valence electrons. The van der Waals surface area contributed by atoms with Gasteiger partial charge in [-0.2, -0.15) is 0 Å². The van der Waals surface area contributed by atoms with Crippen LogP contribution in [0.3, 0.4) is 0 Å². The van der Waals surface area contributed by atoms with E-state index in [2.05, 4.69) is 12.2 Å². The Balaban J connectivity index is 2.02. The summed E-state index contributed by atoms with van der Waals surface area (Å²) in [6.45, 7) is 4.14. The number of carbonyl (C=O) groups excluding carboxylic acids is 1. The van der Waals surface area contributed by atoms with Crippen molar-refractivity contribution in [2.75, 3.05) is 5.73 Å². The fourth-order valence-electron chi connectivity index (χ4n) is 2.21. The Morgan fingerprint density at radius 1 is 1.56 bits per heavy atom. The van der Waals surface area contributed by atoms with Gasteiger partial charge in [-0.15, -0.1) is 11.3 Å². The number of thiophene rings is 1. The predicted octanol–water partition coefficient (Wildman–Crippen LogP) is 2.56. The van der Waals surface area contributed by atoms with Gasteiger partial charge in [0.05, 0.1) is 4.88 Å². The Hall–Kier alpha value is -1.03. The molecule has 3 N–H and O–H groups in total. The molecule has 1 aliphatic carbocycles. The van der Waals surface area contributed by atoms with E-state index in [-0.39, 0.29) is 5.91 Å². The fraction of sp³-hybridized carbons (Fsp3) is 0.583. The molecule has 3 nitrogen and oxygen atoms in total. The molecule has 0 saturated heterocycles. The summed E-state index contributed by atoms with van der Waals surface area (Å²) in [5.74, 6) is 0.630. The zero-order chi connectivity index (χ0) is 11.7. The van der Waals surface area contributed by atoms with Gasteiger partial charge in [-0.05, 0) is 31.7 Å². The van der Waals surface area contributed by atoms with Gasteiger partial charge in [0.1, 0.15) is 0 Å². The molecular weight excluding hydrogens is 220 g/mol. The van der Waals surface area contributed by atoms with Crippen molar-refractivity contribution in [1.29, 1.82) is 0 Å². The Kier molecular flexibility index (Phi) is 3.19. The topological polar surface area (TPSA) is 55.1 Å². The van der Waals surface area contributed by atoms with Crippen LogP contribution in [-0.4, -0.2) is 11.9 Å². The van der Waals surface area contributed by atoms with Crippen molar-refractivity contribution in [2.45, 2.75) is 39.2 Å². The highest BCUT2D eigenvalue weighted by Crippen LogP contribution is 2.27. The number of hydrogen-bond donors (Lipinski definition) is 2. The standard InChI is InChI=1S/C12H18N2OS/c1-7-4-3-5-10(7)14-12(15)11-6-9(13)8(2)16-11/h6-7,10H,3-5,13H2,1-2H3,(H,14,15). The van der Waals surface area contributed by atoms with Gasteiger partial charge in [-0.1, -0.05) is 13.3 Å². The second-order valence-corrected chi connectivity index (χ2v) is 5.87. The minimum absolute atomic E-state index is 0.0311. The summed E-state index contributed by atoms with van der Waals surface area (Å²) in [4.78, 5) is 13.7. The summed E-state index contributed by atoms with van der Waals surface area (Å²) in [5, 5.41) is 3.10. The van der Waals surface area contributed by atoms with Crippen molar-refractivity contribution < 1.29 is 4.79 Å². The zero-order valence-electron chi connectivity index (χ0n) is 9.75. The van der Waals surface area contributed by atoms with Crippen LogP contribution in [0.2, 0.25) is 0 Å². The van der Waals surface area contributed by atoms with Gasteiger partial charge < -0.3 is 11.1 Å². The average Bonchev–Trinajstić information content (AvgIpc) is 2.76. The summed E-state index contributed by atoms with van der Waals surface area (Å²) in [7, 11) is 0. The Morgan fingerprint density at radius 2 is 2.31 bits per heavy atom. The van der Waals surface area contributed by atoms with E-state index in [4.69, 9.17) is 5.73 Å². The van der Waals surface area contributed by atoms with E-state index in [1.54, 1.807) is 6.07 Å². The minimum atomic E-state index is 0.0311. The van der Waals surface area contributed by atoms with Gasteiger partial charge in [-0.25, -0.2) is 0 Å². The first-order valence-corrected chi connectivity index (χ1v) is 6.56. The molecule has 1 aromatic heterocycles. The lowest BCUT2D eigenvalue weighted by atomic mass is 10.1. The van der Waals surface area contributed by atoms with E-state index in [9.17, 15) is 4.79 Å². The van der Waals surface area contributed by atoms with Gasteiger partial charge >= 0.3 is 0 Å². The maximum absolute atomic E-state index is 12.0. The SMILES string of the molecule is Cc1sc(C(=O)NC2CCCC2C)cc1N. The average molecular weight is 238 g/mol. The lowest BCUT2D eigenvalue weighted by molar-refractivity contribution is 0.0934. The van der Waals surface area contributed by atoms with Gasteiger partial charge in [0, 0.05) is 16.6 Å². The van der Waals surface area contributed by atoms with Crippen molar-refractivity contribution in [3.63, 3.8) is 0 Å². The molecule has 1 amide bonds. The number of nitrogens with one attached hydrogen (secondary N) is 1. The molecule has 0 radical (unpaired) electrons. The van der Waals surface area contributed by atoms with Crippen molar-refractivity contribution in [1.82, 2.24) is 5.32 Å². The monoisotopic (exact) mass is 238 g/mol. The van der Waals surface area contributed by atoms with Crippen molar-refractivity contribution in [3.05, 3.63) is 15.8 Å². The minimum Gasteiger partial charge on any atom is -0.398 e. The van der Waals surface area contributed by atoms with E-state index < -0.39 is 0 Å². The van der Waals surface area contributed by atoms with Gasteiger partial charge in [0.15, 0.2) is 0 Å². The molecular formula is C12H18N2OS. The Morgan fingerprint density at radius 3 is 2.81 bits per heavy atom. The largest absolute Gasteiger partial charge is 0.398 e. The molecule has 1 aliphatic rings. The third-order valence-corrected chi connectivity index (χ3v) is 4.42. The van der Waals surface area contributed by atoms with Crippen molar-refractivity contribution >= 4 is 22.9 Å². The first kappa shape index (κ1) is 11.5. The van der Waals surface area contributed by atoms with Crippen LogP contribution in [0.4, 0.5) is 5.69 Å². The first-order chi connectivity index (χ1) is 7.58. The number of anilines is 1. The van der Waals surface area contributed by atoms with Crippen LogP contribution in [0, 0.1) is 12.8 Å². The fourth-order valence-corrected chi connectivity index (χ4v) is 3.05. The number of nitrogen functional groups attached to an aromatic ring is 1. The molecule has 0 bridgehead atoms. The van der Waals surface area contributed by atoms with Gasteiger partial charge in [-0.3, -0.25) is 4.79 Å². The molecule has 2 atom stereocenters. The lowest BCUT2D eigenvalue weighted by Gasteiger charge is -2.16. The molecule has 4 heteroatoms. The first-order valence-electron chi connectivity index (χ1n) is 5.74. The normalized spacial score (nSPS) is 24.6. The molecule has 1 saturated carbocycles. The second-order valence-electron chi connectivity index (χ2n) is 4.61. The summed E-state index contributed by atoms with van der Waals surface area (Å²) in [6, 6.07) is 2.12. The highest BCUT2D eigenvalue weighted by Gasteiger charge is 2.25. The molecule has 0 aromatic carbocycles. The highest BCUT2D eigenvalue weighted by atomic mass is 32.1. The van der Waals surface area contributed by atoms with Crippen LogP contribution < -0.4 is 11.1 Å². The number of carbonyl (C=O) groups is 1. The second kappa shape index (κ2) is 4.45. The zero-order valence-corrected chi connectivity index (χ0v) is 10.6. The predicted molar refractivity (Wildman–Crippen MR) is 67.7 cm³/mol. The Labute approximate surface area is 100 Å². The molecule has 0 spiro atoms. The Bertz CT molecular complexity index is 380. The number of aryl methyl sites for hydroxylation is 1. The third-order valence-electron chi connectivity index (χ3n) is 3.36. The molecule has 1 heterocycles. The van der Waals surface area contributed by atoms with Crippen LogP contribution in [0.25, 0.3) is 0 Å². The highest BCUT2D eigenvalue weighted by molar-refractivity contribution is 7.14. The van der Waals surface area contributed by atoms with Crippen LogP contribution in [0.15, 0.2) is 6.07 Å². The van der Waals surface area contributed by atoms with Crippen LogP contribution in [0.1, 0.15) is 40.7 Å². The number of rotatable bonds is 2.